The molecule has 1 aromatic heterocycles. The van der Waals surface area contributed by atoms with E-state index in [0.717, 1.165) is 43.5 Å². The van der Waals surface area contributed by atoms with Gasteiger partial charge >= 0.3 is 0 Å². The molecule has 2 aliphatic rings. The van der Waals surface area contributed by atoms with E-state index in [-0.39, 0.29) is 11.9 Å². The van der Waals surface area contributed by atoms with Gasteiger partial charge in [0.15, 0.2) is 5.79 Å². The number of methoxy groups -OCH3 is 1. The predicted octanol–water partition coefficient (Wildman–Crippen LogP) is 3.56. The molecule has 6 nitrogen and oxygen atoms in total. The van der Waals surface area contributed by atoms with Crippen LogP contribution >= 0.6 is 11.3 Å². The maximum atomic E-state index is 12.9. The highest BCUT2D eigenvalue weighted by atomic mass is 32.1. The monoisotopic (exact) mass is 430 g/mol. The number of nitrogens with one attached hydrogen (secondary N) is 1. The first-order valence-electron chi connectivity index (χ1n) is 10.6. The van der Waals surface area contributed by atoms with Crippen molar-refractivity contribution in [1.82, 2.24) is 10.2 Å². The van der Waals surface area contributed by atoms with Gasteiger partial charge < -0.3 is 19.5 Å². The van der Waals surface area contributed by atoms with Gasteiger partial charge in [0.1, 0.15) is 5.75 Å². The number of thiophene rings is 1. The molecule has 7 heteroatoms. The van der Waals surface area contributed by atoms with Gasteiger partial charge in [0.2, 0.25) is 5.91 Å². The molecule has 2 heterocycles. The van der Waals surface area contributed by atoms with Gasteiger partial charge in [0.25, 0.3) is 0 Å². The van der Waals surface area contributed by atoms with Crippen molar-refractivity contribution >= 4 is 17.2 Å². The Morgan fingerprint density at radius 2 is 1.93 bits per heavy atom. The molecular weight excluding hydrogens is 400 g/mol. The van der Waals surface area contributed by atoms with E-state index in [1.807, 2.05) is 24.3 Å². The summed E-state index contributed by atoms with van der Waals surface area (Å²) in [5.74, 6) is 0.523. The second-order valence-corrected chi connectivity index (χ2v) is 9.02. The highest BCUT2D eigenvalue weighted by Gasteiger charge is 2.40. The number of rotatable bonds is 8. The highest BCUT2D eigenvalue weighted by molar-refractivity contribution is 7.09. The molecule has 1 amide bonds. The highest BCUT2D eigenvalue weighted by Crippen LogP contribution is 2.35. The molecule has 1 N–H and O–H groups in total. The minimum absolute atomic E-state index is 0.0654. The van der Waals surface area contributed by atoms with E-state index in [9.17, 15) is 4.79 Å². The number of hydrogen-bond acceptors (Lipinski definition) is 6. The summed E-state index contributed by atoms with van der Waals surface area (Å²) >= 11 is 1.71. The molecule has 2 aromatic rings. The summed E-state index contributed by atoms with van der Waals surface area (Å²) in [4.78, 5) is 16.3. The standard InChI is InChI=1S/C23H30N2O4S/c1-27-21-7-3-2-5-18(21)15-25(16-20-6-4-14-30-20)17-22(26)24-19-8-10-23(11-9-19)28-12-13-29-23/h2-7,14,19H,8-13,15-17H2,1H3,(H,24,26). The number of amides is 1. The molecule has 1 aliphatic heterocycles. The smallest absolute Gasteiger partial charge is 0.234 e. The van der Waals surface area contributed by atoms with Crippen LogP contribution in [0, 0.1) is 0 Å². The van der Waals surface area contributed by atoms with Crippen LogP contribution in [0.1, 0.15) is 36.1 Å². The zero-order chi connectivity index (χ0) is 20.8. The van der Waals surface area contributed by atoms with Gasteiger partial charge in [-0.3, -0.25) is 9.69 Å². The topological polar surface area (TPSA) is 60.0 Å². The van der Waals surface area contributed by atoms with E-state index in [1.54, 1.807) is 18.4 Å². The van der Waals surface area contributed by atoms with Crippen LogP contribution in [-0.4, -0.2) is 49.5 Å². The molecule has 0 radical (unpaired) electrons. The van der Waals surface area contributed by atoms with Crippen LogP contribution in [0.3, 0.4) is 0 Å². The van der Waals surface area contributed by atoms with Crippen molar-refractivity contribution in [3.05, 3.63) is 52.2 Å². The summed E-state index contributed by atoms with van der Waals surface area (Å²) in [7, 11) is 1.68. The molecular formula is C23H30N2O4S. The van der Waals surface area contributed by atoms with Crippen LogP contribution in [0.25, 0.3) is 0 Å². The Kier molecular flexibility index (Phi) is 7.04. The third-order valence-corrected chi connectivity index (χ3v) is 6.70. The van der Waals surface area contributed by atoms with Crippen molar-refractivity contribution in [3.63, 3.8) is 0 Å². The predicted molar refractivity (Wildman–Crippen MR) is 116 cm³/mol. The molecule has 2 fully saturated rings. The van der Waals surface area contributed by atoms with Crippen LogP contribution in [0.15, 0.2) is 41.8 Å². The maximum absolute atomic E-state index is 12.9. The van der Waals surface area contributed by atoms with Gasteiger partial charge in [-0.05, 0) is 30.4 Å². The third kappa shape index (κ3) is 5.40. The van der Waals surface area contributed by atoms with E-state index in [0.29, 0.717) is 26.3 Å². The Morgan fingerprint density at radius 1 is 1.17 bits per heavy atom. The Hall–Kier alpha value is -1.93. The lowest BCUT2D eigenvalue weighted by Crippen LogP contribution is -2.46. The number of ether oxygens (including phenoxy) is 3. The SMILES string of the molecule is COc1ccccc1CN(CC(=O)NC1CCC2(CC1)OCCO2)Cc1cccs1. The molecule has 1 saturated heterocycles. The molecule has 4 rings (SSSR count). The second kappa shape index (κ2) is 9.92. The quantitative estimate of drug-likeness (QED) is 0.694. The fourth-order valence-electron chi connectivity index (χ4n) is 4.33. The van der Waals surface area contributed by atoms with Crippen LogP contribution < -0.4 is 10.1 Å². The summed E-state index contributed by atoms with van der Waals surface area (Å²) in [5.41, 5.74) is 1.08. The Balaban J connectivity index is 1.35. The molecule has 0 atom stereocenters. The van der Waals surface area contributed by atoms with Crippen molar-refractivity contribution in [2.24, 2.45) is 0 Å². The van der Waals surface area contributed by atoms with Crippen LogP contribution in [0.4, 0.5) is 0 Å². The molecule has 1 aromatic carbocycles. The lowest BCUT2D eigenvalue weighted by atomic mass is 9.90. The van der Waals surface area contributed by atoms with Gasteiger partial charge in [-0.25, -0.2) is 0 Å². The Morgan fingerprint density at radius 3 is 2.63 bits per heavy atom. The van der Waals surface area contributed by atoms with Crippen molar-refractivity contribution < 1.29 is 19.0 Å². The average molecular weight is 431 g/mol. The van der Waals surface area contributed by atoms with Crippen LogP contribution in [-0.2, 0) is 27.4 Å². The molecule has 1 aliphatic carbocycles. The van der Waals surface area contributed by atoms with E-state index in [2.05, 4.69) is 27.7 Å². The summed E-state index contributed by atoms with van der Waals surface area (Å²) in [5, 5.41) is 5.30. The lowest BCUT2D eigenvalue weighted by molar-refractivity contribution is -0.180. The van der Waals surface area contributed by atoms with Crippen LogP contribution in [0.2, 0.25) is 0 Å². The maximum Gasteiger partial charge on any atom is 0.234 e. The fourth-order valence-corrected chi connectivity index (χ4v) is 5.08. The summed E-state index contributed by atoms with van der Waals surface area (Å²) in [6.45, 7) is 3.10. The van der Waals surface area contributed by atoms with Gasteiger partial charge in [0, 0.05) is 42.4 Å². The summed E-state index contributed by atoms with van der Waals surface area (Å²) < 4.78 is 17.1. The molecule has 1 saturated carbocycles. The first-order chi connectivity index (χ1) is 14.7. The van der Waals surface area contributed by atoms with Gasteiger partial charge in [-0.2, -0.15) is 0 Å². The van der Waals surface area contributed by atoms with E-state index >= 15 is 0 Å². The Labute approximate surface area is 182 Å². The zero-order valence-corrected chi connectivity index (χ0v) is 18.3. The van der Waals surface area contributed by atoms with E-state index < -0.39 is 5.79 Å². The first-order valence-corrected chi connectivity index (χ1v) is 11.5. The van der Waals surface area contributed by atoms with Gasteiger partial charge in [0.05, 0.1) is 26.9 Å². The number of carbonyl (C=O) groups is 1. The van der Waals surface area contributed by atoms with Crippen molar-refractivity contribution in [2.75, 3.05) is 26.9 Å². The number of hydrogen-bond donors (Lipinski definition) is 1. The van der Waals surface area contributed by atoms with E-state index in [1.165, 1.54) is 4.88 Å². The second-order valence-electron chi connectivity index (χ2n) is 7.99. The Bertz CT molecular complexity index is 810. The van der Waals surface area contributed by atoms with Crippen molar-refractivity contribution in [1.29, 1.82) is 0 Å². The first kappa shape index (κ1) is 21.3. The van der Waals surface area contributed by atoms with E-state index in [4.69, 9.17) is 14.2 Å². The fraction of sp³-hybridized carbons (Fsp3) is 0.522. The molecule has 0 bridgehead atoms. The number of para-hydroxylation sites is 1. The van der Waals surface area contributed by atoms with Gasteiger partial charge in [-0.15, -0.1) is 11.3 Å². The zero-order valence-electron chi connectivity index (χ0n) is 17.5. The van der Waals surface area contributed by atoms with Gasteiger partial charge in [-0.1, -0.05) is 24.3 Å². The van der Waals surface area contributed by atoms with Crippen molar-refractivity contribution in [2.45, 2.75) is 50.6 Å². The number of benzene rings is 1. The van der Waals surface area contributed by atoms with Crippen molar-refractivity contribution in [3.8, 4) is 5.75 Å². The van der Waals surface area contributed by atoms with Crippen LogP contribution in [0.5, 0.6) is 5.75 Å². The molecule has 30 heavy (non-hydrogen) atoms. The molecule has 0 unspecified atom stereocenters. The normalized spacial score (nSPS) is 18.7. The minimum atomic E-state index is -0.393. The number of carbonyl (C=O) groups excluding carboxylic acids is 1. The summed E-state index contributed by atoms with van der Waals surface area (Å²) in [6, 6.07) is 12.3. The summed E-state index contributed by atoms with van der Waals surface area (Å²) in [6.07, 6.45) is 3.47. The third-order valence-electron chi connectivity index (χ3n) is 5.84. The minimum Gasteiger partial charge on any atom is -0.496 e. The largest absolute Gasteiger partial charge is 0.496 e. The number of nitrogens with zero attached hydrogens (tertiary/aromatic N) is 1. The molecule has 162 valence electrons. The lowest BCUT2D eigenvalue weighted by Gasteiger charge is -2.35. The molecule has 1 spiro atoms. The average Bonchev–Trinajstić information content (AvgIpc) is 3.43.